The second kappa shape index (κ2) is 8.92. The number of likely N-dealkylation sites (tertiary alicyclic amines) is 1. The Balaban J connectivity index is 1.42. The second-order valence-electron chi connectivity index (χ2n) is 7.12. The van der Waals surface area contributed by atoms with Crippen molar-refractivity contribution in [2.75, 3.05) is 26.2 Å². The molecule has 1 amide bonds. The fourth-order valence-electron chi connectivity index (χ4n) is 3.72. The molecule has 2 saturated heterocycles. The highest BCUT2D eigenvalue weighted by Crippen LogP contribution is 2.20. The van der Waals surface area contributed by atoms with Crippen LogP contribution in [0.1, 0.15) is 49.7 Å². The van der Waals surface area contributed by atoms with Crippen molar-refractivity contribution in [2.24, 2.45) is 5.92 Å². The molecular weight excluding hydrogens is 320 g/mol. The highest BCUT2D eigenvalue weighted by molar-refractivity contribution is 7.09. The second-order valence-corrected chi connectivity index (χ2v) is 8.06. The normalized spacial score (nSPS) is 25.0. The zero-order valence-corrected chi connectivity index (χ0v) is 15.5. The van der Waals surface area contributed by atoms with Gasteiger partial charge in [-0.05, 0) is 51.1 Å². The summed E-state index contributed by atoms with van der Waals surface area (Å²) in [5.74, 6) is 0.757. The lowest BCUT2D eigenvalue weighted by Gasteiger charge is -2.32. The van der Waals surface area contributed by atoms with Crippen molar-refractivity contribution in [3.63, 3.8) is 0 Å². The van der Waals surface area contributed by atoms with Crippen molar-refractivity contribution < 1.29 is 4.79 Å². The summed E-state index contributed by atoms with van der Waals surface area (Å²) in [5.41, 5.74) is 1.24. The summed E-state index contributed by atoms with van der Waals surface area (Å²) in [6.07, 6.45) is 6.77. The van der Waals surface area contributed by atoms with Crippen molar-refractivity contribution >= 4 is 17.2 Å². The van der Waals surface area contributed by atoms with Gasteiger partial charge in [-0.15, -0.1) is 11.3 Å². The summed E-state index contributed by atoms with van der Waals surface area (Å²) < 4.78 is 0. The van der Waals surface area contributed by atoms with Gasteiger partial charge < -0.3 is 10.6 Å². The maximum Gasteiger partial charge on any atom is 0.237 e. The average molecular weight is 351 g/mol. The molecule has 6 heteroatoms. The molecule has 2 N–H and O–H groups in total. The van der Waals surface area contributed by atoms with Crippen LogP contribution in [0.4, 0.5) is 0 Å². The Morgan fingerprint density at radius 2 is 2.38 bits per heavy atom. The minimum Gasteiger partial charge on any atom is -0.354 e. The fourth-order valence-corrected chi connectivity index (χ4v) is 4.59. The largest absolute Gasteiger partial charge is 0.354 e. The first-order chi connectivity index (χ1) is 11.7. The monoisotopic (exact) mass is 350 g/mol. The van der Waals surface area contributed by atoms with E-state index in [-0.39, 0.29) is 11.9 Å². The summed E-state index contributed by atoms with van der Waals surface area (Å²) >= 11 is 1.79. The van der Waals surface area contributed by atoms with Crippen molar-refractivity contribution in [2.45, 2.75) is 58.0 Å². The molecule has 2 unspecified atom stereocenters. The molecule has 2 aliphatic heterocycles. The van der Waals surface area contributed by atoms with Gasteiger partial charge in [0.05, 0.1) is 18.3 Å². The first-order valence-electron chi connectivity index (χ1n) is 9.41. The van der Waals surface area contributed by atoms with E-state index >= 15 is 0 Å². The van der Waals surface area contributed by atoms with Crippen LogP contribution in [0, 0.1) is 5.92 Å². The number of hydrogen-bond donors (Lipinski definition) is 2. The average Bonchev–Trinajstić information content (AvgIpc) is 3.26. The van der Waals surface area contributed by atoms with E-state index in [1.54, 1.807) is 11.3 Å². The number of aromatic nitrogens is 1. The van der Waals surface area contributed by atoms with E-state index < -0.39 is 0 Å². The number of rotatable bonds is 7. The van der Waals surface area contributed by atoms with E-state index in [2.05, 4.69) is 27.8 Å². The first kappa shape index (κ1) is 17.8. The smallest absolute Gasteiger partial charge is 0.237 e. The third kappa shape index (κ3) is 5.01. The third-order valence-electron chi connectivity index (χ3n) is 5.01. The topological polar surface area (TPSA) is 57.3 Å². The summed E-state index contributed by atoms with van der Waals surface area (Å²) in [7, 11) is 0. The van der Waals surface area contributed by atoms with E-state index in [1.807, 2.05) is 0 Å². The molecule has 1 aromatic heterocycles. The minimum atomic E-state index is 0.0389. The molecule has 0 aromatic carbocycles. The van der Waals surface area contributed by atoms with Crippen LogP contribution in [0.3, 0.4) is 0 Å². The Morgan fingerprint density at radius 3 is 3.17 bits per heavy atom. The molecule has 0 radical (unpaired) electrons. The predicted molar refractivity (Wildman–Crippen MR) is 98.1 cm³/mol. The molecule has 0 aliphatic carbocycles. The quantitative estimate of drug-likeness (QED) is 0.791. The van der Waals surface area contributed by atoms with Gasteiger partial charge >= 0.3 is 0 Å². The predicted octanol–water partition coefficient (Wildman–Crippen LogP) is 2.18. The Kier molecular flexibility index (Phi) is 6.63. The number of amides is 1. The standard InChI is InChI=1S/C18H30N4OS/c1-2-5-15-13-24-17(21-15)12-22-9-4-6-14(11-22)10-20-18(23)16-7-3-8-19-16/h13-14,16,19H,2-12H2,1H3,(H,20,23). The van der Waals surface area contributed by atoms with Crippen LogP contribution in [-0.2, 0) is 17.8 Å². The summed E-state index contributed by atoms with van der Waals surface area (Å²) in [6.45, 7) is 7.17. The Hall–Kier alpha value is -0.980. The van der Waals surface area contributed by atoms with Crippen molar-refractivity contribution in [1.82, 2.24) is 20.5 Å². The maximum atomic E-state index is 12.1. The van der Waals surface area contributed by atoms with Crippen LogP contribution in [0.15, 0.2) is 5.38 Å². The van der Waals surface area contributed by atoms with Crippen molar-refractivity contribution in [3.8, 4) is 0 Å². The van der Waals surface area contributed by atoms with Gasteiger partial charge in [0, 0.05) is 18.5 Å². The Labute approximate surface area is 149 Å². The molecule has 134 valence electrons. The van der Waals surface area contributed by atoms with E-state index in [1.165, 1.54) is 23.5 Å². The molecule has 2 aliphatic rings. The van der Waals surface area contributed by atoms with E-state index in [4.69, 9.17) is 4.98 Å². The molecule has 3 heterocycles. The molecule has 2 atom stereocenters. The molecule has 24 heavy (non-hydrogen) atoms. The fraction of sp³-hybridized carbons (Fsp3) is 0.778. The highest BCUT2D eigenvalue weighted by atomic mass is 32.1. The summed E-state index contributed by atoms with van der Waals surface area (Å²) in [4.78, 5) is 19.4. The summed E-state index contributed by atoms with van der Waals surface area (Å²) in [5, 5.41) is 9.87. The van der Waals surface area contributed by atoms with Gasteiger partial charge in [-0.2, -0.15) is 0 Å². The molecule has 0 bridgehead atoms. The highest BCUT2D eigenvalue weighted by Gasteiger charge is 2.25. The first-order valence-corrected chi connectivity index (χ1v) is 10.3. The van der Waals surface area contributed by atoms with Crippen molar-refractivity contribution in [3.05, 3.63) is 16.1 Å². The van der Waals surface area contributed by atoms with Gasteiger partial charge in [-0.25, -0.2) is 4.98 Å². The lowest BCUT2D eigenvalue weighted by Crippen LogP contribution is -2.45. The number of nitrogens with one attached hydrogen (secondary N) is 2. The van der Waals surface area contributed by atoms with Crippen LogP contribution in [-0.4, -0.2) is 48.0 Å². The van der Waals surface area contributed by atoms with Gasteiger partial charge in [-0.3, -0.25) is 9.69 Å². The van der Waals surface area contributed by atoms with Crippen molar-refractivity contribution in [1.29, 1.82) is 0 Å². The molecule has 0 saturated carbocycles. The van der Waals surface area contributed by atoms with E-state index in [0.717, 1.165) is 58.4 Å². The molecule has 5 nitrogen and oxygen atoms in total. The lowest BCUT2D eigenvalue weighted by molar-refractivity contribution is -0.123. The van der Waals surface area contributed by atoms with Crippen LogP contribution in [0.5, 0.6) is 0 Å². The number of carbonyl (C=O) groups excluding carboxylic acids is 1. The number of carbonyl (C=O) groups is 1. The number of thiazole rings is 1. The lowest BCUT2D eigenvalue weighted by atomic mass is 9.98. The maximum absolute atomic E-state index is 12.1. The van der Waals surface area contributed by atoms with E-state index in [0.29, 0.717) is 5.92 Å². The number of nitrogens with zero attached hydrogens (tertiary/aromatic N) is 2. The Morgan fingerprint density at radius 1 is 1.46 bits per heavy atom. The SMILES string of the molecule is CCCc1csc(CN2CCCC(CNC(=O)C3CCCN3)C2)n1. The van der Waals surface area contributed by atoms with Crippen LogP contribution in [0.25, 0.3) is 0 Å². The van der Waals surface area contributed by atoms with Gasteiger partial charge in [-0.1, -0.05) is 13.3 Å². The van der Waals surface area contributed by atoms with Gasteiger partial charge in [0.2, 0.25) is 5.91 Å². The summed E-state index contributed by atoms with van der Waals surface area (Å²) in [6, 6.07) is 0.0389. The van der Waals surface area contributed by atoms with Gasteiger partial charge in [0.25, 0.3) is 0 Å². The zero-order valence-electron chi connectivity index (χ0n) is 14.7. The number of hydrogen-bond acceptors (Lipinski definition) is 5. The molecule has 1 aromatic rings. The molecule has 3 rings (SSSR count). The van der Waals surface area contributed by atoms with Gasteiger partial charge in [0.15, 0.2) is 0 Å². The number of aryl methyl sites for hydroxylation is 1. The van der Waals surface area contributed by atoms with Gasteiger partial charge in [0.1, 0.15) is 5.01 Å². The molecule has 0 spiro atoms. The minimum absolute atomic E-state index is 0.0389. The van der Waals surface area contributed by atoms with Crippen LogP contribution < -0.4 is 10.6 Å². The Bertz CT molecular complexity index is 527. The number of piperidine rings is 1. The molecular formula is C18H30N4OS. The molecule has 2 fully saturated rings. The van der Waals surface area contributed by atoms with E-state index in [9.17, 15) is 4.79 Å². The van der Waals surface area contributed by atoms with Crippen LogP contribution >= 0.6 is 11.3 Å². The zero-order chi connectivity index (χ0) is 16.8. The third-order valence-corrected chi connectivity index (χ3v) is 5.89. The van der Waals surface area contributed by atoms with Crippen LogP contribution in [0.2, 0.25) is 0 Å².